The number of aryl methyl sites for hydroxylation is 1. The van der Waals surface area contributed by atoms with Gasteiger partial charge in [0.2, 0.25) is 5.91 Å². The lowest BCUT2D eigenvalue weighted by molar-refractivity contribution is -0.118. The van der Waals surface area contributed by atoms with E-state index in [0.29, 0.717) is 26.0 Å². The smallest absolute Gasteiger partial charge is 0.273 e. The number of aromatic nitrogens is 3. The van der Waals surface area contributed by atoms with Gasteiger partial charge in [0.25, 0.3) is 5.56 Å². The van der Waals surface area contributed by atoms with Gasteiger partial charge in [-0.3, -0.25) is 18.7 Å². The zero-order chi connectivity index (χ0) is 20.3. The van der Waals surface area contributed by atoms with Gasteiger partial charge in [-0.05, 0) is 37.7 Å². The topological polar surface area (TPSA) is 68.9 Å². The summed E-state index contributed by atoms with van der Waals surface area (Å²) in [5, 5.41) is 3.37. The number of thiazole rings is 1. The first kappa shape index (κ1) is 20.8. The highest BCUT2D eigenvalue weighted by atomic mass is 32.2. The van der Waals surface area contributed by atoms with Crippen molar-refractivity contribution >= 4 is 51.6 Å². The maximum Gasteiger partial charge on any atom is 0.273 e. The maximum atomic E-state index is 12.8. The Morgan fingerprint density at radius 3 is 2.71 bits per heavy atom. The molecule has 0 fully saturated rings. The number of benzene rings is 1. The molecule has 3 aromatic rings. The van der Waals surface area contributed by atoms with Gasteiger partial charge in [-0.2, -0.15) is 0 Å². The molecule has 0 atom stereocenters. The summed E-state index contributed by atoms with van der Waals surface area (Å²) in [4.78, 5) is 29.5. The van der Waals surface area contributed by atoms with Gasteiger partial charge < -0.3 is 5.32 Å². The van der Waals surface area contributed by atoms with Crippen LogP contribution >= 0.6 is 35.3 Å². The Morgan fingerprint density at radius 2 is 2.04 bits per heavy atom. The van der Waals surface area contributed by atoms with E-state index < -0.39 is 0 Å². The molecule has 0 aliphatic carbocycles. The first-order valence-electron chi connectivity index (χ1n) is 9.01. The molecule has 0 saturated carbocycles. The van der Waals surface area contributed by atoms with Crippen LogP contribution in [0.2, 0.25) is 0 Å². The minimum absolute atomic E-state index is 0.0616. The Bertz CT molecular complexity index is 1110. The Balaban J connectivity index is 1.96. The van der Waals surface area contributed by atoms with E-state index in [4.69, 9.17) is 12.2 Å². The van der Waals surface area contributed by atoms with Gasteiger partial charge in [-0.1, -0.05) is 54.1 Å². The van der Waals surface area contributed by atoms with Gasteiger partial charge in [-0.25, -0.2) is 4.98 Å². The number of carbonyl (C=O) groups is 1. The molecule has 0 aliphatic rings. The average Bonchev–Trinajstić information content (AvgIpc) is 3.00. The molecule has 0 bridgehead atoms. The van der Waals surface area contributed by atoms with E-state index in [9.17, 15) is 9.59 Å². The number of nitrogens with zero attached hydrogens (tertiary/aromatic N) is 3. The van der Waals surface area contributed by atoms with E-state index in [1.54, 1.807) is 7.05 Å². The SMILES string of the molecule is CCCCNC(=O)CSc1nc2c(sc(=S)n2-c2ccc(C)cc2)c(=O)n1C. The quantitative estimate of drug-likeness (QED) is 0.265. The van der Waals surface area contributed by atoms with Gasteiger partial charge in [-0.15, -0.1) is 0 Å². The molecule has 0 unspecified atom stereocenters. The summed E-state index contributed by atoms with van der Waals surface area (Å²) in [6, 6.07) is 7.92. The molecule has 1 amide bonds. The highest BCUT2D eigenvalue weighted by Crippen LogP contribution is 2.25. The van der Waals surface area contributed by atoms with Crippen LogP contribution in [0.15, 0.2) is 34.2 Å². The molecule has 28 heavy (non-hydrogen) atoms. The summed E-state index contributed by atoms with van der Waals surface area (Å²) < 4.78 is 4.39. The molecule has 2 heterocycles. The summed E-state index contributed by atoms with van der Waals surface area (Å²) >= 11 is 8.02. The Hall–Kier alpha value is -1.97. The average molecular weight is 435 g/mol. The molecule has 148 valence electrons. The van der Waals surface area contributed by atoms with Crippen LogP contribution < -0.4 is 10.9 Å². The van der Waals surface area contributed by atoms with Gasteiger partial charge >= 0.3 is 0 Å². The number of rotatable bonds is 7. The third kappa shape index (κ3) is 4.37. The fraction of sp³-hybridized carbons (Fsp3) is 0.368. The monoisotopic (exact) mass is 434 g/mol. The van der Waals surface area contributed by atoms with Crippen LogP contribution in [0.25, 0.3) is 16.0 Å². The molecule has 2 aromatic heterocycles. The molecule has 0 saturated heterocycles. The van der Waals surface area contributed by atoms with Crippen LogP contribution in [0.4, 0.5) is 0 Å². The molecule has 0 radical (unpaired) electrons. The fourth-order valence-corrected chi connectivity index (χ4v) is 4.79. The summed E-state index contributed by atoms with van der Waals surface area (Å²) in [7, 11) is 1.67. The fourth-order valence-electron chi connectivity index (χ4n) is 2.65. The number of hydrogen-bond donors (Lipinski definition) is 1. The van der Waals surface area contributed by atoms with Crippen molar-refractivity contribution in [2.24, 2.45) is 7.05 Å². The predicted molar refractivity (Wildman–Crippen MR) is 118 cm³/mol. The number of fused-ring (bicyclic) bond motifs is 1. The number of amides is 1. The number of thioether (sulfide) groups is 1. The minimum Gasteiger partial charge on any atom is -0.355 e. The lowest BCUT2D eigenvalue weighted by Gasteiger charge is -2.09. The van der Waals surface area contributed by atoms with E-state index in [2.05, 4.69) is 17.2 Å². The maximum absolute atomic E-state index is 12.8. The van der Waals surface area contributed by atoms with E-state index in [1.165, 1.54) is 27.7 Å². The largest absolute Gasteiger partial charge is 0.355 e. The second-order valence-corrected chi connectivity index (χ2v) is 9.03. The van der Waals surface area contributed by atoms with Gasteiger partial charge in [0, 0.05) is 19.3 Å². The molecule has 3 rings (SSSR count). The van der Waals surface area contributed by atoms with E-state index in [-0.39, 0.29) is 17.2 Å². The van der Waals surface area contributed by atoms with Gasteiger partial charge in [0.1, 0.15) is 4.70 Å². The first-order chi connectivity index (χ1) is 13.4. The van der Waals surface area contributed by atoms with Crippen molar-refractivity contribution in [3.63, 3.8) is 0 Å². The highest BCUT2D eigenvalue weighted by Gasteiger charge is 2.17. The second kappa shape index (κ2) is 9.02. The van der Waals surface area contributed by atoms with Crippen molar-refractivity contribution in [3.8, 4) is 5.69 Å². The van der Waals surface area contributed by atoms with Crippen LogP contribution in [0, 0.1) is 10.9 Å². The first-order valence-corrected chi connectivity index (χ1v) is 11.2. The zero-order valence-corrected chi connectivity index (χ0v) is 18.5. The van der Waals surface area contributed by atoms with Crippen LogP contribution in [-0.4, -0.2) is 32.3 Å². The molecule has 0 aliphatic heterocycles. The number of unbranched alkanes of at least 4 members (excludes halogenated alkanes) is 1. The third-order valence-electron chi connectivity index (χ3n) is 4.25. The van der Waals surface area contributed by atoms with Gasteiger partial charge in [0.05, 0.1) is 5.75 Å². The van der Waals surface area contributed by atoms with E-state index in [1.807, 2.05) is 35.8 Å². The third-order valence-corrected chi connectivity index (χ3v) is 6.63. The molecule has 1 aromatic carbocycles. The van der Waals surface area contributed by atoms with Crippen molar-refractivity contribution in [2.45, 2.75) is 31.8 Å². The van der Waals surface area contributed by atoms with Crippen molar-refractivity contribution in [1.29, 1.82) is 0 Å². The Morgan fingerprint density at radius 1 is 1.32 bits per heavy atom. The lowest BCUT2D eigenvalue weighted by atomic mass is 10.2. The minimum atomic E-state index is -0.152. The Kier molecular flexibility index (Phi) is 6.69. The number of carbonyl (C=O) groups excluding carboxylic acids is 1. The summed E-state index contributed by atoms with van der Waals surface area (Å²) in [6.07, 6.45) is 1.98. The molecule has 1 N–H and O–H groups in total. The molecule has 6 nitrogen and oxygen atoms in total. The normalized spacial score (nSPS) is 11.1. The standard InChI is InChI=1S/C19H22N4O2S3/c1-4-5-10-20-14(24)11-27-18-21-16-15(17(25)22(18)3)28-19(26)23(16)13-8-6-12(2)7-9-13/h6-9H,4-5,10-11H2,1-3H3,(H,20,24). The van der Waals surface area contributed by atoms with Crippen molar-refractivity contribution in [2.75, 3.05) is 12.3 Å². The van der Waals surface area contributed by atoms with Crippen LogP contribution in [0.5, 0.6) is 0 Å². The summed E-state index contributed by atoms with van der Waals surface area (Å²) in [5.41, 5.74) is 2.40. The molecular weight excluding hydrogens is 412 g/mol. The summed E-state index contributed by atoms with van der Waals surface area (Å²) in [6.45, 7) is 4.76. The van der Waals surface area contributed by atoms with Crippen molar-refractivity contribution in [3.05, 3.63) is 44.1 Å². The molecular formula is C19H22N4O2S3. The van der Waals surface area contributed by atoms with E-state index in [0.717, 1.165) is 24.1 Å². The number of nitrogens with one attached hydrogen (secondary N) is 1. The lowest BCUT2D eigenvalue weighted by Crippen LogP contribution is -2.27. The molecule has 0 spiro atoms. The molecule has 9 heteroatoms. The Labute approximate surface area is 176 Å². The predicted octanol–water partition coefficient (Wildman–Crippen LogP) is 3.83. The van der Waals surface area contributed by atoms with Gasteiger partial charge in [0.15, 0.2) is 14.8 Å². The van der Waals surface area contributed by atoms with Crippen molar-refractivity contribution < 1.29 is 4.79 Å². The van der Waals surface area contributed by atoms with Crippen LogP contribution in [0.1, 0.15) is 25.3 Å². The van der Waals surface area contributed by atoms with Crippen molar-refractivity contribution in [1.82, 2.24) is 19.4 Å². The van der Waals surface area contributed by atoms with Crippen LogP contribution in [0.3, 0.4) is 0 Å². The second-order valence-electron chi connectivity index (χ2n) is 6.44. The number of hydrogen-bond acceptors (Lipinski definition) is 6. The summed E-state index contributed by atoms with van der Waals surface area (Å²) in [5.74, 6) is 0.152. The van der Waals surface area contributed by atoms with E-state index >= 15 is 0 Å². The highest BCUT2D eigenvalue weighted by molar-refractivity contribution is 7.99. The van der Waals surface area contributed by atoms with Crippen LogP contribution in [-0.2, 0) is 11.8 Å². The zero-order valence-electron chi connectivity index (χ0n) is 16.0.